The molecule has 0 fully saturated rings. The molecule has 0 bridgehead atoms. The molecule has 0 aromatic heterocycles. The van der Waals surface area contributed by atoms with Crippen molar-refractivity contribution in [2.24, 2.45) is 0 Å². The highest BCUT2D eigenvalue weighted by atomic mass is 16.6. The van der Waals surface area contributed by atoms with E-state index in [4.69, 9.17) is 4.74 Å². The Hall–Kier alpha value is -1.32. The van der Waals surface area contributed by atoms with Gasteiger partial charge in [0.1, 0.15) is 5.60 Å². The van der Waals surface area contributed by atoms with E-state index in [9.17, 15) is 9.59 Å². The lowest BCUT2D eigenvalue weighted by molar-refractivity contribution is -0.153. The second kappa shape index (κ2) is 5.42. The summed E-state index contributed by atoms with van der Waals surface area (Å²) in [6.07, 6.45) is 2.69. The third-order valence-corrected chi connectivity index (χ3v) is 1.16. The Morgan fingerprint density at radius 1 is 1.29 bits per heavy atom. The first-order chi connectivity index (χ1) is 6.35. The summed E-state index contributed by atoms with van der Waals surface area (Å²) < 4.78 is 9.37. The average molecular weight is 200 g/mol. The molecule has 0 unspecified atom stereocenters. The lowest BCUT2D eigenvalue weighted by Gasteiger charge is -2.18. The van der Waals surface area contributed by atoms with E-state index in [0.29, 0.717) is 0 Å². The fraction of sp³-hybridized carbons (Fsp3) is 0.600. The fourth-order valence-corrected chi connectivity index (χ4v) is 0.703. The van der Waals surface area contributed by atoms with Gasteiger partial charge in [-0.25, -0.2) is 4.79 Å². The molecular formula is C10H16O4. The molecule has 0 aliphatic carbocycles. The molecule has 0 amide bonds. The molecule has 0 aromatic carbocycles. The van der Waals surface area contributed by atoms with E-state index < -0.39 is 11.6 Å². The molecule has 0 atom stereocenters. The van der Waals surface area contributed by atoms with Crippen molar-refractivity contribution in [3.63, 3.8) is 0 Å². The van der Waals surface area contributed by atoms with Crippen LogP contribution in [0.3, 0.4) is 0 Å². The van der Waals surface area contributed by atoms with Crippen LogP contribution >= 0.6 is 0 Å². The van der Waals surface area contributed by atoms with Gasteiger partial charge in [-0.1, -0.05) is 6.08 Å². The minimum atomic E-state index is -0.490. The number of carbonyl (C=O) groups is 2. The predicted molar refractivity (Wildman–Crippen MR) is 51.6 cm³/mol. The first-order valence-electron chi connectivity index (χ1n) is 4.31. The molecule has 14 heavy (non-hydrogen) atoms. The number of rotatable bonds is 3. The van der Waals surface area contributed by atoms with E-state index >= 15 is 0 Å². The maximum absolute atomic E-state index is 11.1. The summed E-state index contributed by atoms with van der Waals surface area (Å²) in [5.74, 6) is -0.841. The van der Waals surface area contributed by atoms with Crippen LogP contribution in [0.25, 0.3) is 0 Å². The van der Waals surface area contributed by atoms with Crippen molar-refractivity contribution in [3.8, 4) is 0 Å². The smallest absolute Gasteiger partial charge is 0.330 e. The van der Waals surface area contributed by atoms with Gasteiger partial charge in [-0.05, 0) is 20.8 Å². The van der Waals surface area contributed by atoms with Crippen LogP contribution in [0.1, 0.15) is 27.2 Å². The maximum Gasteiger partial charge on any atom is 0.330 e. The first kappa shape index (κ1) is 12.7. The minimum absolute atomic E-state index is 0.0758. The summed E-state index contributed by atoms with van der Waals surface area (Å²) in [5.41, 5.74) is -0.490. The zero-order valence-corrected chi connectivity index (χ0v) is 8.99. The summed E-state index contributed by atoms with van der Waals surface area (Å²) in [6.45, 7) is 5.36. The largest absolute Gasteiger partial charge is 0.466 e. The molecule has 0 aliphatic rings. The van der Waals surface area contributed by atoms with Crippen molar-refractivity contribution >= 4 is 11.9 Å². The Balaban J connectivity index is 3.86. The van der Waals surface area contributed by atoms with Crippen molar-refractivity contribution in [2.45, 2.75) is 32.8 Å². The molecule has 0 saturated carbocycles. The molecule has 0 saturated heterocycles. The monoisotopic (exact) mass is 200 g/mol. The maximum atomic E-state index is 11.1. The van der Waals surface area contributed by atoms with Crippen LogP contribution in [-0.4, -0.2) is 24.6 Å². The quantitative estimate of drug-likeness (QED) is 0.511. The molecule has 0 spiro atoms. The molecule has 0 aromatic rings. The predicted octanol–water partition coefficient (Wildman–Crippen LogP) is 1.45. The number of ether oxygens (including phenoxy) is 2. The summed E-state index contributed by atoms with van der Waals surface area (Å²) >= 11 is 0. The SMILES string of the molecule is COC(=O)/C=C/CC(=O)OC(C)(C)C. The number of hydrogen-bond donors (Lipinski definition) is 0. The Labute approximate surface area is 83.9 Å². The fourth-order valence-electron chi connectivity index (χ4n) is 0.703. The van der Waals surface area contributed by atoms with E-state index in [1.807, 2.05) is 0 Å². The van der Waals surface area contributed by atoms with Crippen LogP contribution in [0.15, 0.2) is 12.2 Å². The molecular weight excluding hydrogens is 184 g/mol. The topological polar surface area (TPSA) is 52.6 Å². The zero-order valence-electron chi connectivity index (χ0n) is 8.99. The van der Waals surface area contributed by atoms with Crippen LogP contribution in [0.5, 0.6) is 0 Å². The van der Waals surface area contributed by atoms with Gasteiger partial charge in [-0.2, -0.15) is 0 Å². The summed E-state index contributed by atoms with van der Waals surface area (Å²) in [6, 6.07) is 0. The van der Waals surface area contributed by atoms with Crippen molar-refractivity contribution in [1.82, 2.24) is 0 Å². The minimum Gasteiger partial charge on any atom is -0.466 e. The Bertz CT molecular complexity index is 235. The van der Waals surface area contributed by atoms with Gasteiger partial charge in [0.25, 0.3) is 0 Å². The highest BCUT2D eigenvalue weighted by molar-refractivity contribution is 5.83. The van der Waals surface area contributed by atoms with Gasteiger partial charge in [0.2, 0.25) is 0 Å². The molecule has 0 N–H and O–H groups in total. The number of esters is 2. The van der Waals surface area contributed by atoms with Gasteiger partial charge in [-0.15, -0.1) is 0 Å². The van der Waals surface area contributed by atoms with Crippen molar-refractivity contribution in [2.75, 3.05) is 7.11 Å². The Morgan fingerprint density at radius 3 is 2.29 bits per heavy atom. The van der Waals surface area contributed by atoms with Gasteiger partial charge in [0.05, 0.1) is 13.5 Å². The highest BCUT2D eigenvalue weighted by Gasteiger charge is 2.14. The van der Waals surface area contributed by atoms with E-state index in [1.165, 1.54) is 19.3 Å². The second-order valence-electron chi connectivity index (χ2n) is 3.72. The number of hydrogen-bond acceptors (Lipinski definition) is 4. The Kier molecular flexibility index (Phi) is 4.91. The summed E-state index contributed by atoms with van der Waals surface area (Å²) in [5, 5.41) is 0. The normalized spacial score (nSPS) is 11.4. The standard InChI is InChI=1S/C10H16O4/c1-10(2,3)14-9(12)7-5-6-8(11)13-4/h5-6H,7H2,1-4H3/b6-5+. The number of carbonyl (C=O) groups excluding carboxylic acids is 2. The van der Waals surface area contributed by atoms with Gasteiger partial charge in [0, 0.05) is 6.08 Å². The molecule has 4 heteroatoms. The molecule has 80 valence electrons. The molecule has 0 radical (unpaired) electrons. The summed E-state index contributed by atoms with van der Waals surface area (Å²) in [4.78, 5) is 21.7. The first-order valence-corrected chi connectivity index (χ1v) is 4.31. The molecule has 0 heterocycles. The van der Waals surface area contributed by atoms with Crippen molar-refractivity contribution < 1.29 is 19.1 Å². The van der Waals surface area contributed by atoms with Gasteiger partial charge >= 0.3 is 11.9 Å². The van der Waals surface area contributed by atoms with Crippen LogP contribution < -0.4 is 0 Å². The van der Waals surface area contributed by atoms with E-state index in [-0.39, 0.29) is 12.4 Å². The van der Waals surface area contributed by atoms with Crippen LogP contribution in [0.2, 0.25) is 0 Å². The van der Waals surface area contributed by atoms with Crippen LogP contribution in [-0.2, 0) is 19.1 Å². The van der Waals surface area contributed by atoms with Crippen LogP contribution in [0, 0.1) is 0 Å². The average Bonchev–Trinajstić information content (AvgIpc) is 2.00. The third kappa shape index (κ3) is 7.34. The highest BCUT2D eigenvalue weighted by Crippen LogP contribution is 2.08. The lowest BCUT2D eigenvalue weighted by atomic mass is 10.2. The van der Waals surface area contributed by atoms with Gasteiger partial charge < -0.3 is 9.47 Å². The number of methoxy groups -OCH3 is 1. The molecule has 0 rings (SSSR count). The Morgan fingerprint density at radius 2 is 1.86 bits per heavy atom. The lowest BCUT2D eigenvalue weighted by Crippen LogP contribution is -2.23. The van der Waals surface area contributed by atoms with Gasteiger partial charge in [0.15, 0.2) is 0 Å². The zero-order chi connectivity index (χ0) is 11.2. The third-order valence-electron chi connectivity index (χ3n) is 1.16. The van der Waals surface area contributed by atoms with E-state index in [0.717, 1.165) is 0 Å². The van der Waals surface area contributed by atoms with E-state index in [2.05, 4.69) is 4.74 Å². The summed E-state index contributed by atoms with van der Waals surface area (Å²) in [7, 11) is 1.28. The van der Waals surface area contributed by atoms with Crippen molar-refractivity contribution in [1.29, 1.82) is 0 Å². The van der Waals surface area contributed by atoms with Gasteiger partial charge in [-0.3, -0.25) is 4.79 Å². The molecule has 0 aliphatic heterocycles. The second-order valence-corrected chi connectivity index (χ2v) is 3.72. The van der Waals surface area contributed by atoms with Crippen molar-refractivity contribution in [3.05, 3.63) is 12.2 Å². The van der Waals surface area contributed by atoms with Crippen LogP contribution in [0.4, 0.5) is 0 Å². The molecule has 4 nitrogen and oxygen atoms in total. The van der Waals surface area contributed by atoms with E-state index in [1.54, 1.807) is 20.8 Å².